The highest BCUT2D eigenvalue weighted by Gasteiger charge is 2.50. The van der Waals surface area contributed by atoms with Gasteiger partial charge in [0.05, 0.1) is 24.0 Å². The van der Waals surface area contributed by atoms with Gasteiger partial charge in [0.15, 0.2) is 6.10 Å². The summed E-state index contributed by atoms with van der Waals surface area (Å²) in [7, 11) is 2.17. The fraction of sp³-hybridized carbons (Fsp3) is 0.308. The molecule has 0 amide bonds. The van der Waals surface area contributed by atoms with Gasteiger partial charge in [-0.1, -0.05) is 12.1 Å². The van der Waals surface area contributed by atoms with Gasteiger partial charge in [0.25, 0.3) is 5.69 Å². The second-order valence-corrected chi connectivity index (χ2v) is 4.51. The quantitative estimate of drug-likeness (QED) is 0.334. The van der Waals surface area contributed by atoms with Crippen LogP contribution in [0.5, 0.6) is 0 Å². The van der Waals surface area contributed by atoms with Gasteiger partial charge < -0.3 is 14.3 Å². The van der Waals surface area contributed by atoms with Crippen LogP contribution in [0.2, 0.25) is 0 Å². The van der Waals surface area contributed by atoms with Gasteiger partial charge in [-0.3, -0.25) is 20.1 Å². The third-order valence-corrected chi connectivity index (χ3v) is 3.29. The molecular formula is C13H12N2O8. The molecule has 0 radical (unpaired) electrons. The van der Waals surface area contributed by atoms with Crippen molar-refractivity contribution in [1.82, 2.24) is 0 Å². The summed E-state index contributed by atoms with van der Waals surface area (Å²) in [5, 5.41) is 22.5. The minimum Gasteiger partial charge on any atom is -0.468 e. The van der Waals surface area contributed by atoms with E-state index in [1.807, 2.05) is 0 Å². The van der Waals surface area contributed by atoms with Gasteiger partial charge in [-0.2, -0.15) is 0 Å². The summed E-state index contributed by atoms with van der Waals surface area (Å²) in [6, 6.07) is 5.02. The molecule has 1 aromatic carbocycles. The van der Waals surface area contributed by atoms with E-state index >= 15 is 0 Å². The van der Waals surface area contributed by atoms with Gasteiger partial charge in [0.2, 0.25) is 0 Å². The SMILES string of the molecule is COC(=O)C1=[N+]([O-])O[C@@H](C(=O)OC)[C@@H]1c1ccc([N+](=O)[O-])cc1. The minimum atomic E-state index is -1.40. The number of hydrogen-bond donors (Lipinski definition) is 0. The molecule has 0 fully saturated rings. The van der Waals surface area contributed by atoms with E-state index in [2.05, 4.69) is 9.47 Å². The second kappa shape index (κ2) is 6.30. The first-order valence-electron chi connectivity index (χ1n) is 6.32. The number of rotatable bonds is 4. The lowest BCUT2D eigenvalue weighted by atomic mass is 9.89. The maximum absolute atomic E-state index is 11.8. The van der Waals surface area contributed by atoms with Crippen LogP contribution < -0.4 is 0 Å². The fourth-order valence-electron chi connectivity index (χ4n) is 2.22. The molecule has 0 bridgehead atoms. The lowest BCUT2D eigenvalue weighted by molar-refractivity contribution is -0.736. The van der Waals surface area contributed by atoms with Crippen LogP contribution in [0.15, 0.2) is 24.3 Å². The van der Waals surface area contributed by atoms with Crippen LogP contribution in [-0.4, -0.2) is 47.8 Å². The Labute approximate surface area is 129 Å². The van der Waals surface area contributed by atoms with Crippen LogP contribution in [0.4, 0.5) is 5.69 Å². The highest BCUT2D eigenvalue weighted by atomic mass is 16.9. The van der Waals surface area contributed by atoms with Crippen molar-refractivity contribution in [2.45, 2.75) is 12.0 Å². The lowest BCUT2D eigenvalue weighted by Gasteiger charge is -2.16. The monoisotopic (exact) mass is 324 g/mol. The van der Waals surface area contributed by atoms with E-state index in [4.69, 9.17) is 4.84 Å². The lowest BCUT2D eigenvalue weighted by Crippen LogP contribution is -2.33. The number of nitro groups is 1. The van der Waals surface area contributed by atoms with Crippen molar-refractivity contribution in [3.8, 4) is 0 Å². The summed E-state index contributed by atoms with van der Waals surface area (Å²) < 4.78 is 9.08. The molecule has 1 aliphatic heterocycles. The van der Waals surface area contributed by atoms with Crippen LogP contribution >= 0.6 is 0 Å². The zero-order valence-corrected chi connectivity index (χ0v) is 12.1. The molecule has 10 heteroatoms. The molecule has 0 aliphatic carbocycles. The number of methoxy groups -OCH3 is 2. The summed E-state index contributed by atoms with van der Waals surface area (Å²) in [6.45, 7) is 0. The first-order chi connectivity index (χ1) is 10.9. The van der Waals surface area contributed by atoms with Gasteiger partial charge in [0.1, 0.15) is 5.92 Å². The Hall–Kier alpha value is -3.17. The smallest absolute Gasteiger partial charge is 0.405 e. The first-order valence-corrected chi connectivity index (χ1v) is 6.32. The second-order valence-electron chi connectivity index (χ2n) is 4.51. The zero-order chi connectivity index (χ0) is 17.1. The molecule has 122 valence electrons. The molecule has 10 nitrogen and oxygen atoms in total. The predicted octanol–water partition coefficient (Wildman–Crippen LogP) is 0.289. The molecule has 0 saturated heterocycles. The number of esters is 2. The van der Waals surface area contributed by atoms with Crippen molar-refractivity contribution < 1.29 is 33.7 Å². The average molecular weight is 324 g/mol. The maximum Gasteiger partial charge on any atom is 0.405 e. The van der Waals surface area contributed by atoms with Crippen molar-refractivity contribution in [3.63, 3.8) is 0 Å². The van der Waals surface area contributed by atoms with E-state index in [9.17, 15) is 24.9 Å². The average Bonchev–Trinajstić information content (AvgIpc) is 2.90. The molecule has 1 aromatic rings. The van der Waals surface area contributed by atoms with Gasteiger partial charge >= 0.3 is 17.7 Å². The molecular weight excluding hydrogens is 312 g/mol. The third kappa shape index (κ3) is 2.91. The van der Waals surface area contributed by atoms with Crippen molar-refractivity contribution in [3.05, 3.63) is 45.2 Å². The van der Waals surface area contributed by atoms with E-state index in [-0.39, 0.29) is 10.6 Å². The molecule has 1 heterocycles. The van der Waals surface area contributed by atoms with Crippen LogP contribution in [-0.2, 0) is 23.9 Å². The summed E-state index contributed by atoms with van der Waals surface area (Å²) in [4.78, 5) is 38.4. The van der Waals surface area contributed by atoms with Crippen LogP contribution in [0, 0.1) is 15.3 Å². The third-order valence-electron chi connectivity index (χ3n) is 3.29. The largest absolute Gasteiger partial charge is 0.468 e. The number of nitro benzene ring substituents is 1. The first kappa shape index (κ1) is 16.2. The number of non-ortho nitro benzene ring substituents is 1. The van der Waals surface area contributed by atoms with E-state index in [1.165, 1.54) is 24.3 Å². The molecule has 0 N–H and O–H groups in total. The van der Waals surface area contributed by atoms with Crippen molar-refractivity contribution in [2.75, 3.05) is 14.2 Å². The van der Waals surface area contributed by atoms with Crippen LogP contribution in [0.1, 0.15) is 11.5 Å². The summed E-state index contributed by atoms with van der Waals surface area (Å²) in [6.07, 6.45) is -1.40. The van der Waals surface area contributed by atoms with Gasteiger partial charge in [0, 0.05) is 12.1 Å². The normalized spacial score (nSPS) is 19.9. The van der Waals surface area contributed by atoms with E-state index in [0.29, 0.717) is 5.56 Å². The minimum absolute atomic E-state index is 0.0977. The van der Waals surface area contributed by atoms with Crippen LogP contribution in [0.3, 0.4) is 0 Å². The van der Waals surface area contributed by atoms with E-state index < -0.39 is 34.6 Å². The molecule has 1 aliphatic rings. The van der Waals surface area contributed by atoms with E-state index in [0.717, 1.165) is 14.2 Å². The molecule has 2 rings (SSSR count). The fourth-order valence-corrected chi connectivity index (χ4v) is 2.22. The zero-order valence-electron chi connectivity index (χ0n) is 12.1. The number of ether oxygens (including phenoxy) is 2. The summed E-state index contributed by atoms with van der Waals surface area (Å²) in [5.41, 5.74) is -0.331. The number of carbonyl (C=O) groups excluding carboxylic acids is 2. The van der Waals surface area contributed by atoms with Gasteiger partial charge in [-0.15, -0.1) is 0 Å². The number of hydrogen-bond acceptors (Lipinski definition) is 8. The van der Waals surface area contributed by atoms with Crippen LogP contribution in [0.25, 0.3) is 0 Å². The molecule has 0 saturated carbocycles. The Balaban J connectivity index is 2.48. The molecule has 0 unspecified atom stereocenters. The Morgan fingerprint density at radius 3 is 2.30 bits per heavy atom. The molecule has 0 spiro atoms. The number of nitrogens with zero attached hydrogens (tertiary/aromatic N) is 2. The van der Waals surface area contributed by atoms with Crippen molar-refractivity contribution in [2.24, 2.45) is 0 Å². The summed E-state index contributed by atoms with van der Waals surface area (Å²) >= 11 is 0. The highest BCUT2D eigenvalue weighted by molar-refractivity contribution is 6.37. The Bertz CT molecular complexity index is 682. The van der Waals surface area contributed by atoms with Gasteiger partial charge in [-0.25, -0.2) is 4.79 Å². The van der Waals surface area contributed by atoms with Crippen molar-refractivity contribution >= 4 is 23.3 Å². The van der Waals surface area contributed by atoms with Gasteiger partial charge in [-0.05, 0) is 5.56 Å². The number of benzene rings is 1. The Kier molecular flexibility index (Phi) is 4.44. The summed E-state index contributed by atoms with van der Waals surface area (Å²) in [5.74, 6) is -2.95. The highest BCUT2D eigenvalue weighted by Crippen LogP contribution is 2.31. The number of carbonyl (C=O) groups is 2. The Morgan fingerprint density at radius 2 is 1.83 bits per heavy atom. The Morgan fingerprint density at radius 1 is 1.22 bits per heavy atom. The van der Waals surface area contributed by atoms with Crippen molar-refractivity contribution in [1.29, 1.82) is 0 Å². The molecule has 0 aromatic heterocycles. The topological polar surface area (TPSA) is 131 Å². The predicted molar refractivity (Wildman–Crippen MR) is 73.4 cm³/mol. The van der Waals surface area contributed by atoms with E-state index in [1.54, 1.807) is 0 Å². The molecule has 23 heavy (non-hydrogen) atoms. The standard InChI is InChI=1S/C13H12N2O8/c1-21-12(16)10-9(11(13(17)22-2)23-15(10)20)7-3-5-8(6-4-7)14(18)19/h3-6,9,11H,1-2H3/t9-,11-/m1/s1. The maximum atomic E-state index is 11.8. The molecule has 2 atom stereocenters.